The molecule has 0 rings (SSSR count). The third-order valence-corrected chi connectivity index (χ3v) is 14.0. The molecule has 0 aliphatic heterocycles. The smallest absolute Gasteiger partial charge is 0.268 e. The second kappa shape index (κ2) is 49.7. The molecule has 0 bridgehead atoms. The average molecular weight is 966 g/mol. The summed E-state index contributed by atoms with van der Waals surface area (Å²) in [7, 11) is 1.25. The Balaban J connectivity index is 4.13. The van der Waals surface area contributed by atoms with Crippen LogP contribution < -0.4 is 10.2 Å². The molecule has 0 fully saturated rings. The number of unbranched alkanes of at least 4 members (excludes halogenated alkanes) is 36. The monoisotopic (exact) mass is 965 g/mol. The Morgan fingerprint density at radius 3 is 1.21 bits per heavy atom. The third kappa shape index (κ3) is 52.4. The van der Waals surface area contributed by atoms with Crippen LogP contribution in [-0.2, 0) is 18.4 Å². The average Bonchev–Trinajstić information content (AvgIpc) is 3.29. The SMILES string of the molecule is CCCCCCCCCC/C=C\CCCCCCCCCCCCCCCCCCCC(=O)NC(COP(=O)([O-])OCC[N+](C)(C)C)C(O)/C=C/CC/C=C/CCCCCCCCCCCC. The summed E-state index contributed by atoms with van der Waals surface area (Å²) in [5.41, 5.74) is 0. The number of carbonyl (C=O) groups excluding carboxylic acids is 1. The normalized spacial score (nSPS) is 14.2. The van der Waals surface area contributed by atoms with Crippen LogP contribution in [0, 0.1) is 0 Å². The van der Waals surface area contributed by atoms with Crippen LogP contribution in [0.25, 0.3) is 0 Å². The topological polar surface area (TPSA) is 108 Å². The first-order valence-electron chi connectivity index (χ1n) is 28.9. The minimum Gasteiger partial charge on any atom is -0.756 e. The molecule has 0 aliphatic carbocycles. The zero-order chi connectivity index (χ0) is 49.2. The minimum atomic E-state index is -4.60. The molecule has 0 aromatic rings. The molecule has 3 unspecified atom stereocenters. The molecule has 3 atom stereocenters. The summed E-state index contributed by atoms with van der Waals surface area (Å²) in [6.07, 6.45) is 63.7. The second-order valence-electron chi connectivity index (χ2n) is 21.0. The maximum atomic E-state index is 12.9. The van der Waals surface area contributed by atoms with E-state index in [4.69, 9.17) is 9.05 Å². The van der Waals surface area contributed by atoms with E-state index in [1.807, 2.05) is 27.2 Å². The van der Waals surface area contributed by atoms with E-state index in [-0.39, 0.29) is 19.1 Å². The first-order chi connectivity index (χ1) is 32.5. The molecule has 9 heteroatoms. The standard InChI is InChI=1S/C58H113N2O6P/c1-6-8-10-12-14-16-18-20-22-24-25-26-27-28-29-30-31-32-33-34-35-36-38-40-42-44-46-48-50-52-58(62)59-56(55-66-67(63,64)65-54-53-60(3,4)5)57(61)51-49-47-45-43-41-39-37-23-21-19-17-15-13-11-9-7-2/h24-25,41,43,49,51,56-57,61H,6-23,26-40,42,44-48,50,52-55H2,1-5H3,(H-,59,62,63,64)/b25-24-,43-41+,51-49+. The first kappa shape index (κ1) is 65.7. The number of phosphoric acid groups is 1. The molecular weight excluding hydrogens is 852 g/mol. The molecule has 0 saturated heterocycles. The number of rotatable bonds is 53. The van der Waals surface area contributed by atoms with Crippen molar-refractivity contribution < 1.29 is 32.9 Å². The van der Waals surface area contributed by atoms with Gasteiger partial charge in [0.2, 0.25) is 5.91 Å². The van der Waals surface area contributed by atoms with E-state index in [1.165, 1.54) is 218 Å². The second-order valence-corrected chi connectivity index (χ2v) is 22.4. The number of likely N-dealkylation sites (N-methyl/N-ethyl adjacent to an activating group) is 1. The summed E-state index contributed by atoms with van der Waals surface area (Å²) in [4.78, 5) is 25.5. The maximum Gasteiger partial charge on any atom is 0.268 e. The fourth-order valence-electron chi connectivity index (χ4n) is 8.52. The fourth-order valence-corrected chi connectivity index (χ4v) is 9.24. The van der Waals surface area contributed by atoms with E-state index in [0.717, 1.165) is 38.5 Å². The summed E-state index contributed by atoms with van der Waals surface area (Å²) < 4.78 is 23.3. The van der Waals surface area contributed by atoms with Crippen molar-refractivity contribution in [3.63, 3.8) is 0 Å². The van der Waals surface area contributed by atoms with Gasteiger partial charge in [-0.15, -0.1) is 0 Å². The van der Waals surface area contributed by atoms with Crippen LogP contribution in [0.3, 0.4) is 0 Å². The van der Waals surface area contributed by atoms with Gasteiger partial charge in [0.05, 0.1) is 39.9 Å². The number of amides is 1. The lowest BCUT2D eigenvalue weighted by atomic mass is 10.0. The van der Waals surface area contributed by atoms with E-state index in [1.54, 1.807) is 6.08 Å². The highest BCUT2D eigenvalue weighted by Crippen LogP contribution is 2.38. The summed E-state index contributed by atoms with van der Waals surface area (Å²) in [5, 5.41) is 13.8. The molecule has 396 valence electrons. The van der Waals surface area contributed by atoms with Crippen molar-refractivity contribution in [2.24, 2.45) is 0 Å². The molecule has 0 heterocycles. The van der Waals surface area contributed by atoms with Gasteiger partial charge in [0.15, 0.2) is 0 Å². The van der Waals surface area contributed by atoms with Crippen LogP contribution >= 0.6 is 7.82 Å². The van der Waals surface area contributed by atoms with Gasteiger partial charge in [-0.25, -0.2) is 0 Å². The summed E-state index contributed by atoms with van der Waals surface area (Å²) in [6, 6.07) is -0.901. The number of hydrogen-bond acceptors (Lipinski definition) is 6. The van der Waals surface area contributed by atoms with Gasteiger partial charge in [0.1, 0.15) is 13.2 Å². The van der Waals surface area contributed by atoms with Crippen LogP contribution in [-0.4, -0.2) is 68.5 Å². The van der Waals surface area contributed by atoms with Gasteiger partial charge in [0, 0.05) is 6.42 Å². The Morgan fingerprint density at radius 1 is 0.507 bits per heavy atom. The Hall–Kier alpha value is -1.28. The predicted octanol–water partition coefficient (Wildman–Crippen LogP) is 16.7. The molecule has 0 radical (unpaired) electrons. The molecule has 8 nitrogen and oxygen atoms in total. The van der Waals surface area contributed by atoms with Gasteiger partial charge in [0.25, 0.3) is 7.82 Å². The van der Waals surface area contributed by atoms with Crippen molar-refractivity contribution in [3.05, 3.63) is 36.5 Å². The lowest BCUT2D eigenvalue weighted by molar-refractivity contribution is -0.870. The van der Waals surface area contributed by atoms with Crippen LogP contribution in [0.15, 0.2) is 36.5 Å². The predicted molar refractivity (Wildman–Crippen MR) is 288 cm³/mol. The van der Waals surface area contributed by atoms with Crippen LogP contribution in [0.5, 0.6) is 0 Å². The molecule has 0 aromatic heterocycles. The van der Waals surface area contributed by atoms with Gasteiger partial charge in [-0.2, -0.15) is 0 Å². The van der Waals surface area contributed by atoms with Gasteiger partial charge in [-0.05, 0) is 57.8 Å². The highest BCUT2D eigenvalue weighted by Gasteiger charge is 2.23. The van der Waals surface area contributed by atoms with Crippen molar-refractivity contribution in [1.29, 1.82) is 0 Å². The molecule has 0 saturated carbocycles. The summed E-state index contributed by atoms with van der Waals surface area (Å²) >= 11 is 0. The number of aliphatic hydroxyl groups excluding tert-OH is 1. The number of hydrogen-bond donors (Lipinski definition) is 2. The summed E-state index contributed by atoms with van der Waals surface area (Å²) in [5.74, 6) is -0.203. The number of quaternary nitrogens is 1. The van der Waals surface area contributed by atoms with E-state index in [0.29, 0.717) is 17.4 Å². The molecule has 67 heavy (non-hydrogen) atoms. The van der Waals surface area contributed by atoms with Crippen LogP contribution in [0.4, 0.5) is 0 Å². The highest BCUT2D eigenvalue weighted by atomic mass is 31.2. The lowest BCUT2D eigenvalue weighted by Crippen LogP contribution is -2.45. The molecule has 0 aliphatic rings. The number of nitrogens with zero attached hydrogens (tertiary/aromatic N) is 1. The number of allylic oxidation sites excluding steroid dienone is 5. The van der Waals surface area contributed by atoms with E-state index in [2.05, 4.69) is 43.5 Å². The number of carbonyl (C=O) groups is 1. The lowest BCUT2D eigenvalue weighted by Gasteiger charge is -2.29. The van der Waals surface area contributed by atoms with Crippen molar-refractivity contribution in [3.8, 4) is 0 Å². The first-order valence-corrected chi connectivity index (χ1v) is 30.3. The Morgan fingerprint density at radius 2 is 0.836 bits per heavy atom. The van der Waals surface area contributed by atoms with E-state index < -0.39 is 20.0 Å². The number of nitrogens with one attached hydrogen (secondary N) is 1. The Labute approximate surface area is 417 Å². The van der Waals surface area contributed by atoms with Crippen molar-refractivity contribution >= 4 is 13.7 Å². The molecule has 1 amide bonds. The summed E-state index contributed by atoms with van der Waals surface area (Å²) in [6.45, 7) is 4.65. The zero-order valence-electron chi connectivity index (χ0n) is 45.1. The van der Waals surface area contributed by atoms with Crippen molar-refractivity contribution in [2.75, 3.05) is 40.9 Å². The van der Waals surface area contributed by atoms with Crippen LogP contribution in [0.1, 0.15) is 277 Å². The van der Waals surface area contributed by atoms with Gasteiger partial charge in [-0.1, -0.05) is 249 Å². The van der Waals surface area contributed by atoms with Crippen molar-refractivity contribution in [2.45, 2.75) is 289 Å². The largest absolute Gasteiger partial charge is 0.756 e. The van der Waals surface area contributed by atoms with Crippen LogP contribution in [0.2, 0.25) is 0 Å². The Kier molecular flexibility index (Phi) is 48.7. The van der Waals surface area contributed by atoms with Gasteiger partial charge in [-0.3, -0.25) is 9.36 Å². The van der Waals surface area contributed by atoms with Gasteiger partial charge >= 0.3 is 0 Å². The molecule has 0 spiro atoms. The highest BCUT2D eigenvalue weighted by molar-refractivity contribution is 7.45. The van der Waals surface area contributed by atoms with Crippen molar-refractivity contribution in [1.82, 2.24) is 5.32 Å². The molecular formula is C58H113N2O6P. The number of aliphatic hydroxyl groups is 1. The van der Waals surface area contributed by atoms with Gasteiger partial charge < -0.3 is 28.8 Å². The fraction of sp³-hybridized carbons (Fsp3) is 0.879. The third-order valence-electron chi connectivity index (χ3n) is 13.1. The van der Waals surface area contributed by atoms with E-state index >= 15 is 0 Å². The minimum absolute atomic E-state index is 0.00506. The molecule has 2 N–H and O–H groups in total. The Bertz CT molecular complexity index is 1190. The zero-order valence-corrected chi connectivity index (χ0v) is 46.0. The number of phosphoric ester groups is 1. The maximum absolute atomic E-state index is 12.9. The molecule has 0 aromatic carbocycles. The quantitative estimate of drug-likeness (QED) is 0.0272. The van der Waals surface area contributed by atoms with E-state index in [9.17, 15) is 19.4 Å².